The van der Waals surface area contributed by atoms with Crippen molar-refractivity contribution < 1.29 is 18.7 Å². The lowest BCUT2D eigenvalue weighted by molar-refractivity contribution is -0.116. The minimum atomic E-state index is -0.490. The first kappa shape index (κ1) is 23.9. The molecule has 9 heteroatoms. The van der Waals surface area contributed by atoms with Gasteiger partial charge < -0.3 is 20.7 Å². The van der Waals surface area contributed by atoms with Gasteiger partial charge in [-0.05, 0) is 48.0 Å². The normalized spacial score (nSPS) is 14.6. The second-order valence-electron chi connectivity index (χ2n) is 7.70. The van der Waals surface area contributed by atoms with Crippen molar-refractivity contribution in [2.45, 2.75) is 18.3 Å². The van der Waals surface area contributed by atoms with E-state index in [2.05, 4.69) is 16.0 Å². The maximum absolute atomic E-state index is 13.9. The van der Waals surface area contributed by atoms with Crippen LogP contribution in [-0.2, 0) is 17.1 Å². The molecule has 176 valence electrons. The van der Waals surface area contributed by atoms with Crippen LogP contribution >= 0.6 is 23.4 Å². The molecule has 1 unspecified atom stereocenters. The topological polar surface area (TPSA) is 79.5 Å². The number of halogens is 2. The van der Waals surface area contributed by atoms with Crippen LogP contribution in [0.4, 0.5) is 15.8 Å². The zero-order valence-electron chi connectivity index (χ0n) is 18.4. The highest BCUT2D eigenvalue weighted by molar-refractivity contribution is 7.98. The fourth-order valence-electron chi connectivity index (χ4n) is 3.52. The number of carbonyl (C=O) groups excluding carboxylic acids is 2. The smallest absolute Gasteiger partial charge is 0.251 e. The number of ether oxygens (including phenoxy) is 1. The average molecular weight is 500 g/mol. The van der Waals surface area contributed by atoms with Gasteiger partial charge in [-0.15, -0.1) is 0 Å². The van der Waals surface area contributed by atoms with Gasteiger partial charge in [-0.3, -0.25) is 9.59 Å². The van der Waals surface area contributed by atoms with E-state index < -0.39 is 6.04 Å². The molecule has 1 aliphatic heterocycles. The first-order valence-electron chi connectivity index (χ1n) is 10.6. The van der Waals surface area contributed by atoms with E-state index in [-0.39, 0.29) is 17.6 Å². The molecule has 0 saturated heterocycles. The number of fused-ring (bicyclic) bond motifs is 1. The Morgan fingerprint density at radius 1 is 1.15 bits per heavy atom. The Balaban J connectivity index is 1.34. The highest BCUT2D eigenvalue weighted by Crippen LogP contribution is 2.30. The number of hydrogen-bond acceptors (Lipinski definition) is 5. The van der Waals surface area contributed by atoms with E-state index in [1.807, 2.05) is 24.3 Å². The lowest BCUT2D eigenvalue weighted by Crippen LogP contribution is -2.40. The SMILES string of the molecule is COc1cccc(CNC(=O)c2ccc3c(c2)NC(=O)C(CSCc2c(F)cccc2Cl)N3)c1. The largest absolute Gasteiger partial charge is 0.497 e. The Morgan fingerprint density at radius 3 is 2.76 bits per heavy atom. The maximum Gasteiger partial charge on any atom is 0.251 e. The summed E-state index contributed by atoms with van der Waals surface area (Å²) in [7, 11) is 1.59. The molecule has 1 aliphatic rings. The van der Waals surface area contributed by atoms with E-state index in [4.69, 9.17) is 16.3 Å². The molecule has 6 nitrogen and oxygen atoms in total. The van der Waals surface area contributed by atoms with E-state index in [9.17, 15) is 14.0 Å². The summed E-state index contributed by atoms with van der Waals surface area (Å²) in [6.07, 6.45) is 0. The van der Waals surface area contributed by atoms with Gasteiger partial charge in [0.25, 0.3) is 5.91 Å². The van der Waals surface area contributed by atoms with Crippen LogP contribution in [0, 0.1) is 5.82 Å². The van der Waals surface area contributed by atoms with Crippen LogP contribution in [0.3, 0.4) is 0 Å². The van der Waals surface area contributed by atoms with E-state index in [0.29, 0.717) is 39.9 Å². The Morgan fingerprint density at radius 2 is 1.97 bits per heavy atom. The van der Waals surface area contributed by atoms with Crippen LogP contribution in [0.5, 0.6) is 5.75 Å². The van der Waals surface area contributed by atoms with E-state index >= 15 is 0 Å². The highest BCUT2D eigenvalue weighted by Gasteiger charge is 2.26. The zero-order chi connectivity index (χ0) is 24.1. The lowest BCUT2D eigenvalue weighted by Gasteiger charge is -2.27. The second-order valence-corrected chi connectivity index (χ2v) is 9.13. The van der Waals surface area contributed by atoms with Crippen molar-refractivity contribution in [1.29, 1.82) is 0 Å². The van der Waals surface area contributed by atoms with Gasteiger partial charge in [0.2, 0.25) is 5.91 Å². The maximum atomic E-state index is 13.9. The number of nitrogens with one attached hydrogen (secondary N) is 3. The zero-order valence-corrected chi connectivity index (χ0v) is 19.9. The van der Waals surface area contributed by atoms with Gasteiger partial charge in [0.05, 0.1) is 18.5 Å². The standard InChI is InChI=1S/C25H23ClFN3O3S/c1-33-17-5-2-4-15(10-17)12-28-24(31)16-8-9-21-22(11-16)30-25(32)23(29-21)14-34-13-18-19(26)6-3-7-20(18)27/h2-11,23,29H,12-14H2,1H3,(H,28,31)(H,30,32). The molecule has 1 atom stereocenters. The molecule has 4 rings (SSSR count). The molecular formula is C25H23ClFN3O3S. The first-order valence-corrected chi connectivity index (χ1v) is 12.1. The number of hydrogen-bond donors (Lipinski definition) is 3. The minimum Gasteiger partial charge on any atom is -0.497 e. The van der Waals surface area contributed by atoms with Gasteiger partial charge in [-0.25, -0.2) is 4.39 Å². The Bertz CT molecular complexity index is 1200. The number of anilines is 2. The number of methoxy groups -OCH3 is 1. The van der Waals surface area contributed by atoms with Crippen LogP contribution in [-0.4, -0.2) is 30.7 Å². The molecule has 3 aromatic carbocycles. The first-order chi connectivity index (χ1) is 16.4. The molecule has 0 radical (unpaired) electrons. The van der Waals surface area contributed by atoms with Crippen LogP contribution in [0.15, 0.2) is 60.7 Å². The van der Waals surface area contributed by atoms with E-state index in [1.165, 1.54) is 17.8 Å². The fraction of sp³-hybridized carbons (Fsp3) is 0.200. The summed E-state index contributed by atoms with van der Waals surface area (Å²) in [6, 6.07) is 16.7. The molecule has 1 heterocycles. The van der Waals surface area contributed by atoms with Gasteiger partial charge in [0.15, 0.2) is 0 Å². The van der Waals surface area contributed by atoms with Crippen molar-refractivity contribution in [3.05, 3.63) is 88.2 Å². The summed E-state index contributed by atoms with van der Waals surface area (Å²) >= 11 is 7.49. The summed E-state index contributed by atoms with van der Waals surface area (Å²) in [5.41, 5.74) is 3.04. The van der Waals surface area contributed by atoms with Gasteiger partial charge in [-0.1, -0.05) is 29.8 Å². The molecule has 0 saturated carbocycles. The molecule has 3 aromatic rings. The average Bonchev–Trinajstić information content (AvgIpc) is 2.84. The molecule has 2 amide bonds. The Kier molecular flexibility index (Phi) is 7.59. The second kappa shape index (κ2) is 10.8. The number of thioether (sulfide) groups is 1. The highest BCUT2D eigenvalue weighted by atomic mass is 35.5. The van der Waals surface area contributed by atoms with E-state index in [0.717, 1.165) is 17.0 Å². The molecule has 34 heavy (non-hydrogen) atoms. The van der Waals surface area contributed by atoms with Gasteiger partial charge >= 0.3 is 0 Å². The summed E-state index contributed by atoms with van der Waals surface area (Å²) in [5.74, 6) is 0.685. The third kappa shape index (κ3) is 5.63. The van der Waals surface area contributed by atoms with Gasteiger partial charge in [0.1, 0.15) is 17.6 Å². The predicted octanol–water partition coefficient (Wildman–Crippen LogP) is 5.08. The Labute approximate surface area is 206 Å². The summed E-state index contributed by atoms with van der Waals surface area (Å²) < 4.78 is 19.1. The van der Waals surface area contributed by atoms with Crippen LogP contribution in [0.1, 0.15) is 21.5 Å². The number of rotatable bonds is 8. The fourth-order valence-corrected chi connectivity index (χ4v) is 4.92. The third-order valence-electron chi connectivity index (χ3n) is 5.37. The molecule has 0 fully saturated rings. The van der Waals surface area contributed by atoms with Crippen LogP contribution in [0.25, 0.3) is 0 Å². The van der Waals surface area contributed by atoms with Crippen molar-refractivity contribution in [1.82, 2.24) is 5.32 Å². The third-order valence-corrected chi connectivity index (χ3v) is 6.78. The number of benzene rings is 3. The van der Waals surface area contributed by atoms with Crippen LogP contribution in [0.2, 0.25) is 5.02 Å². The van der Waals surface area contributed by atoms with Crippen molar-refractivity contribution in [3.8, 4) is 5.75 Å². The predicted molar refractivity (Wildman–Crippen MR) is 134 cm³/mol. The van der Waals surface area contributed by atoms with Gasteiger partial charge in [0, 0.05) is 34.2 Å². The molecular weight excluding hydrogens is 477 g/mol. The molecule has 0 aromatic heterocycles. The van der Waals surface area contributed by atoms with Crippen molar-refractivity contribution in [3.63, 3.8) is 0 Å². The minimum absolute atomic E-state index is 0.214. The van der Waals surface area contributed by atoms with Crippen LogP contribution < -0.4 is 20.7 Å². The molecule has 0 bridgehead atoms. The Hall–Kier alpha value is -3.23. The van der Waals surface area contributed by atoms with E-state index in [1.54, 1.807) is 37.4 Å². The molecule has 3 N–H and O–H groups in total. The monoisotopic (exact) mass is 499 g/mol. The molecule has 0 spiro atoms. The quantitative estimate of drug-likeness (QED) is 0.402. The van der Waals surface area contributed by atoms with Crippen molar-refractivity contribution in [2.24, 2.45) is 0 Å². The van der Waals surface area contributed by atoms with Crippen molar-refractivity contribution >= 4 is 46.6 Å². The van der Waals surface area contributed by atoms with Crippen molar-refractivity contribution in [2.75, 3.05) is 23.5 Å². The van der Waals surface area contributed by atoms with Gasteiger partial charge in [-0.2, -0.15) is 11.8 Å². The summed E-state index contributed by atoms with van der Waals surface area (Å²) in [5, 5.41) is 9.29. The number of amides is 2. The lowest BCUT2D eigenvalue weighted by atomic mass is 10.1. The number of carbonyl (C=O) groups is 2. The summed E-state index contributed by atoms with van der Waals surface area (Å²) in [4.78, 5) is 25.2. The molecule has 0 aliphatic carbocycles. The summed E-state index contributed by atoms with van der Waals surface area (Å²) in [6.45, 7) is 0.350.